The fourth-order valence-electron chi connectivity index (χ4n) is 1.77. The molecule has 1 heterocycles. The van der Waals surface area contributed by atoms with E-state index in [2.05, 4.69) is 47.3 Å². The lowest BCUT2D eigenvalue weighted by Crippen LogP contribution is -1.94. The summed E-state index contributed by atoms with van der Waals surface area (Å²) >= 11 is 0. The van der Waals surface area contributed by atoms with Crippen molar-refractivity contribution in [2.24, 2.45) is 0 Å². The van der Waals surface area contributed by atoms with Crippen molar-refractivity contribution in [1.29, 1.82) is 0 Å². The Balaban J connectivity index is 2.22. The van der Waals surface area contributed by atoms with Gasteiger partial charge in [0.2, 0.25) is 0 Å². The van der Waals surface area contributed by atoms with E-state index in [1.807, 2.05) is 13.2 Å². The molecule has 0 fully saturated rings. The number of H-pyrrole nitrogens is 1. The van der Waals surface area contributed by atoms with Crippen molar-refractivity contribution in [1.82, 2.24) is 9.97 Å². The first-order valence-corrected chi connectivity index (χ1v) is 5.47. The van der Waals surface area contributed by atoms with Crippen molar-refractivity contribution < 1.29 is 0 Å². The minimum atomic E-state index is 0.820. The van der Waals surface area contributed by atoms with Crippen molar-refractivity contribution in [3.63, 3.8) is 0 Å². The van der Waals surface area contributed by atoms with E-state index in [9.17, 15) is 0 Å². The predicted molar refractivity (Wildman–Crippen MR) is 66.9 cm³/mol. The van der Waals surface area contributed by atoms with E-state index < -0.39 is 0 Å². The second-order valence-corrected chi connectivity index (χ2v) is 4.11. The second kappa shape index (κ2) is 4.39. The normalized spacial score (nSPS) is 10.4. The molecular formula is C13H17N3. The molecule has 16 heavy (non-hydrogen) atoms. The van der Waals surface area contributed by atoms with Crippen LogP contribution < -0.4 is 5.32 Å². The molecule has 0 aliphatic rings. The van der Waals surface area contributed by atoms with E-state index in [0.717, 1.165) is 18.1 Å². The van der Waals surface area contributed by atoms with Crippen LogP contribution in [0.2, 0.25) is 0 Å². The summed E-state index contributed by atoms with van der Waals surface area (Å²) in [6, 6.07) is 6.54. The highest BCUT2D eigenvalue weighted by Crippen LogP contribution is 2.15. The van der Waals surface area contributed by atoms with Crippen molar-refractivity contribution in [3.8, 4) is 0 Å². The Labute approximate surface area is 95.9 Å². The number of hydrogen-bond donors (Lipinski definition) is 2. The van der Waals surface area contributed by atoms with E-state index in [-0.39, 0.29) is 0 Å². The lowest BCUT2D eigenvalue weighted by Gasteiger charge is -2.05. The Morgan fingerprint density at radius 1 is 1.31 bits per heavy atom. The van der Waals surface area contributed by atoms with Gasteiger partial charge in [-0.15, -0.1) is 0 Å². The summed E-state index contributed by atoms with van der Waals surface area (Å²) in [5, 5.41) is 2.99. The molecule has 0 atom stereocenters. The van der Waals surface area contributed by atoms with Crippen LogP contribution in [0.15, 0.2) is 24.4 Å². The summed E-state index contributed by atoms with van der Waals surface area (Å²) in [5.41, 5.74) is 5.12. The fourth-order valence-corrected chi connectivity index (χ4v) is 1.77. The third kappa shape index (κ3) is 2.24. The molecule has 3 heteroatoms. The maximum atomic E-state index is 4.22. The standard InChI is InChI=1S/C13H17N3/c1-9-4-5-10(2)11(6-9)7-12-8-15-13(14-3)16-12/h4-6,8H,7H2,1-3H3,(H2,14,15,16). The number of aromatic amines is 1. The van der Waals surface area contributed by atoms with Crippen LogP contribution in [0.1, 0.15) is 22.4 Å². The summed E-state index contributed by atoms with van der Waals surface area (Å²) in [7, 11) is 1.86. The average molecular weight is 215 g/mol. The van der Waals surface area contributed by atoms with E-state index in [4.69, 9.17) is 0 Å². The topological polar surface area (TPSA) is 40.7 Å². The molecule has 1 aromatic heterocycles. The summed E-state index contributed by atoms with van der Waals surface area (Å²) in [6.07, 6.45) is 2.79. The molecule has 2 rings (SSSR count). The van der Waals surface area contributed by atoms with Gasteiger partial charge in [-0.25, -0.2) is 4.98 Å². The molecule has 0 aliphatic carbocycles. The van der Waals surface area contributed by atoms with Gasteiger partial charge in [-0.1, -0.05) is 23.8 Å². The molecule has 0 spiro atoms. The van der Waals surface area contributed by atoms with Gasteiger partial charge in [0.05, 0.1) is 6.20 Å². The van der Waals surface area contributed by atoms with Crippen LogP contribution in [0.3, 0.4) is 0 Å². The molecule has 0 saturated heterocycles. The van der Waals surface area contributed by atoms with Gasteiger partial charge >= 0.3 is 0 Å². The van der Waals surface area contributed by atoms with Gasteiger partial charge in [-0.3, -0.25) is 0 Å². The van der Waals surface area contributed by atoms with Gasteiger partial charge in [-0.05, 0) is 25.0 Å². The Hall–Kier alpha value is -1.77. The van der Waals surface area contributed by atoms with Gasteiger partial charge in [0.25, 0.3) is 0 Å². The summed E-state index contributed by atoms with van der Waals surface area (Å²) in [5.74, 6) is 0.820. The molecule has 0 aliphatic heterocycles. The summed E-state index contributed by atoms with van der Waals surface area (Å²) in [6.45, 7) is 4.26. The number of nitrogens with one attached hydrogen (secondary N) is 2. The largest absolute Gasteiger partial charge is 0.359 e. The van der Waals surface area contributed by atoms with Crippen LogP contribution in [-0.2, 0) is 6.42 Å². The molecule has 0 saturated carbocycles. The molecule has 0 bridgehead atoms. The molecule has 2 aromatic rings. The lowest BCUT2D eigenvalue weighted by atomic mass is 10.0. The number of anilines is 1. The highest BCUT2D eigenvalue weighted by atomic mass is 15.1. The van der Waals surface area contributed by atoms with Crippen LogP contribution in [0.5, 0.6) is 0 Å². The van der Waals surface area contributed by atoms with Crippen LogP contribution in [0, 0.1) is 13.8 Å². The van der Waals surface area contributed by atoms with Crippen LogP contribution >= 0.6 is 0 Å². The number of nitrogens with zero attached hydrogens (tertiary/aromatic N) is 1. The second-order valence-electron chi connectivity index (χ2n) is 4.11. The third-order valence-electron chi connectivity index (χ3n) is 2.75. The Morgan fingerprint density at radius 3 is 2.81 bits per heavy atom. The van der Waals surface area contributed by atoms with Crippen molar-refractivity contribution in [2.75, 3.05) is 12.4 Å². The zero-order valence-electron chi connectivity index (χ0n) is 9.96. The number of aryl methyl sites for hydroxylation is 2. The van der Waals surface area contributed by atoms with Crippen LogP contribution in [0.4, 0.5) is 5.95 Å². The molecule has 3 nitrogen and oxygen atoms in total. The lowest BCUT2D eigenvalue weighted by molar-refractivity contribution is 1.08. The highest BCUT2D eigenvalue weighted by molar-refractivity contribution is 5.34. The van der Waals surface area contributed by atoms with Gasteiger partial charge in [-0.2, -0.15) is 0 Å². The number of hydrogen-bond acceptors (Lipinski definition) is 2. The van der Waals surface area contributed by atoms with Crippen LogP contribution in [0.25, 0.3) is 0 Å². The Morgan fingerprint density at radius 2 is 2.12 bits per heavy atom. The molecule has 2 N–H and O–H groups in total. The maximum Gasteiger partial charge on any atom is 0.200 e. The summed E-state index contributed by atoms with van der Waals surface area (Å²) < 4.78 is 0. The van der Waals surface area contributed by atoms with Crippen molar-refractivity contribution in [3.05, 3.63) is 46.8 Å². The molecule has 0 amide bonds. The maximum absolute atomic E-state index is 4.22. The monoisotopic (exact) mass is 215 g/mol. The fraction of sp³-hybridized carbons (Fsp3) is 0.308. The minimum absolute atomic E-state index is 0.820. The zero-order chi connectivity index (χ0) is 11.5. The molecular weight excluding hydrogens is 198 g/mol. The predicted octanol–water partition coefficient (Wildman–Crippen LogP) is 2.66. The van der Waals surface area contributed by atoms with E-state index in [1.165, 1.54) is 16.7 Å². The zero-order valence-corrected chi connectivity index (χ0v) is 9.96. The van der Waals surface area contributed by atoms with Gasteiger partial charge in [0, 0.05) is 19.2 Å². The van der Waals surface area contributed by atoms with Gasteiger partial charge in [0.1, 0.15) is 0 Å². The third-order valence-corrected chi connectivity index (χ3v) is 2.75. The summed E-state index contributed by atoms with van der Waals surface area (Å²) in [4.78, 5) is 7.45. The van der Waals surface area contributed by atoms with E-state index in [0.29, 0.717) is 0 Å². The highest BCUT2D eigenvalue weighted by Gasteiger charge is 2.03. The SMILES string of the molecule is CNc1ncc(Cc2cc(C)ccc2C)[nH]1. The molecule has 0 radical (unpaired) electrons. The van der Waals surface area contributed by atoms with Crippen molar-refractivity contribution >= 4 is 5.95 Å². The Kier molecular flexibility index (Phi) is 2.95. The molecule has 84 valence electrons. The number of imidazole rings is 1. The van der Waals surface area contributed by atoms with Crippen molar-refractivity contribution in [2.45, 2.75) is 20.3 Å². The number of aromatic nitrogens is 2. The van der Waals surface area contributed by atoms with Gasteiger partial charge in [0.15, 0.2) is 5.95 Å². The van der Waals surface area contributed by atoms with E-state index >= 15 is 0 Å². The van der Waals surface area contributed by atoms with Gasteiger partial charge < -0.3 is 10.3 Å². The molecule has 0 unspecified atom stereocenters. The number of rotatable bonds is 3. The number of benzene rings is 1. The first-order chi connectivity index (χ1) is 7.69. The van der Waals surface area contributed by atoms with Crippen LogP contribution in [-0.4, -0.2) is 17.0 Å². The Bertz CT molecular complexity index is 486. The first-order valence-electron chi connectivity index (χ1n) is 5.47. The van der Waals surface area contributed by atoms with E-state index in [1.54, 1.807) is 0 Å². The average Bonchev–Trinajstić information content (AvgIpc) is 2.71. The minimum Gasteiger partial charge on any atom is -0.359 e. The molecule has 1 aromatic carbocycles. The quantitative estimate of drug-likeness (QED) is 0.826. The first kappa shape index (κ1) is 10.7. The smallest absolute Gasteiger partial charge is 0.200 e.